The van der Waals surface area contributed by atoms with Crippen LogP contribution in [-0.2, 0) is 4.65 Å². The van der Waals surface area contributed by atoms with Crippen molar-refractivity contribution < 1.29 is 131 Å². The SMILES string of the molecule is [K+].[K+].[O-]B([O-])OC1(F)CC1(F)F. The minimum atomic E-state index is -3.65. The molecule has 1 aliphatic carbocycles. The van der Waals surface area contributed by atoms with Gasteiger partial charge in [-0.2, -0.15) is 0 Å². The molecule has 0 saturated heterocycles. The third-order valence-corrected chi connectivity index (χ3v) is 1.15. The van der Waals surface area contributed by atoms with Crippen LogP contribution in [-0.4, -0.2) is 19.1 Å². The molecule has 0 radical (unpaired) electrons. The van der Waals surface area contributed by atoms with Crippen LogP contribution >= 0.6 is 0 Å². The van der Waals surface area contributed by atoms with Gasteiger partial charge in [-0.15, -0.1) is 0 Å². The van der Waals surface area contributed by atoms with E-state index in [1.807, 2.05) is 0 Å². The Bertz CT molecular complexity index is 160. The molecule has 0 aromatic heterocycles. The van der Waals surface area contributed by atoms with E-state index < -0.39 is 25.5 Å². The maximum absolute atomic E-state index is 12.2. The van der Waals surface area contributed by atoms with Crippen molar-refractivity contribution in [3.8, 4) is 0 Å². The maximum atomic E-state index is 12.2. The van der Waals surface area contributed by atoms with Crippen molar-refractivity contribution in [1.82, 2.24) is 0 Å². The Morgan fingerprint density at radius 3 is 1.58 bits per heavy atom. The minimum Gasteiger partial charge on any atom is -0.871 e. The van der Waals surface area contributed by atoms with Crippen molar-refractivity contribution in [2.24, 2.45) is 0 Å². The standard InChI is InChI=1S/C3H2BF3O3.2K/c5-2(6)1-3(2,7)10-4(8)9;;/h1H2;;/q-2;2*+1. The molecule has 1 rings (SSSR count). The van der Waals surface area contributed by atoms with Crippen LogP contribution in [0.5, 0.6) is 0 Å². The molecular weight excluding hydrogens is 230 g/mol. The van der Waals surface area contributed by atoms with Crippen LogP contribution < -0.4 is 113 Å². The number of alkyl halides is 3. The van der Waals surface area contributed by atoms with E-state index in [4.69, 9.17) is 0 Å². The monoisotopic (exact) mass is 232 g/mol. The van der Waals surface area contributed by atoms with E-state index in [-0.39, 0.29) is 103 Å². The van der Waals surface area contributed by atoms with Gasteiger partial charge in [-0.25, -0.2) is 13.2 Å². The van der Waals surface area contributed by atoms with Crippen molar-refractivity contribution >= 4 is 7.32 Å². The second kappa shape index (κ2) is 5.92. The van der Waals surface area contributed by atoms with E-state index in [0.29, 0.717) is 0 Å². The predicted octanol–water partition coefficient (Wildman–Crippen LogP) is -7.58. The van der Waals surface area contributed by atoms with E-state index in [9.17, 15) is 23.2 Å². The molecule has 1 aliphatic rings. The summed E-state index contributed by atoms with van der Waals surface area (Å²) in [6, 6.07) is 0. The largest absolute Gasteiger partial charge is 1.00 e. The first kappa shape index (κ1) is 17.4. The molecule has 12 heavy (non-hydrogen) atoms. The third-order valence-electron chi connectivity index (χ3n) is 1.15. The molecule has 0 aromatic rings. The Morgan fingerprint density at radius 2 is 1.50 bits per heavy atom. The van der Waals surface area contributed by atoms with Gasteiger partial charge >= 0.3 is 109 Å². The van der Waals surface area contributed by atoms with Crippen LogP contribution in [0.25, 0.3) is 0 Å². The first-order chi connectivity index (χ1) is 4.37. The van der Waals surface area contributed by atoms with Crippen molar-refractivity contribution in [3.05, 3.63) is 0 Å². The topological polar surface area (TPSA) is 55.3 Å². The van der Waals surface area contributed by atoms with Gasteiger partial charge in [-0.3, -0.25) is 0 Å². The zero-order chi connectivity index (χ0) is 7.99. The van der Waals surface area contributed by atoms with Gasteiger partial charge in [0.1, 0.15) is 0 Å². The summed E-state index contributed by atoms with van der Waals surface area (Å²) < 4.78 is 38.9. The van der Waals surface area contributed by atoms with E-state index in [1.54, 1.807) is 0 Å². The first-order valence-corrected chi connectivity index (χ1v) is 2.44. The van der Waals surface area contributed by atoms with Gasteiger partial charge in [0.05, 0.1) is 13.7 Å². The first-order valence-electron chi connectivity index (χ1n) is 2.44. The molecule has 0 aromatic carbocycles. The molecule has 0 aliphatic heterocycles. The van der Waals surface area contributed by atoms with Gasteiger partial charge in [0.25, 0.3) is 5.85 Å². The Labute approximate surface area is 152 Å². The van der Waals surface area contributed by atoms with E-state index >= 15 is 0 Å². The van der Waals surface area contributed by atoms with Crippen LogP contribution in [0.4, 0.5) is 13.2 Å². The molecular formula is C3H2BF3K2O3. The summed E-state index contributed by atoms with van der Waals surface area (Å²) in [5.41, 5.74) is 0. The van der Waals surface area contributed by atoms with Gasteiger partial charge in [0.2, 0.25) is 0 Å². The summed E-state index contributed by atoms with van der Waals surface area (Å²) in [5.74, 6) is -6.94. The molecule has 0 bridgehead atoms. The second-order valence-corrected chi connectivity index (χ2v) is 2.02. The Morgan fingerprint density at radius 1 is 1.17 bits per heavy atom. The maximum Gasteiger partial charge on any atom is 1.00 e. The number of rotatable bonds is 2. The van der Waals surface area contributed by atoms with Crippen LogP contribution in [0.2, 0.25) is 0 Å². The summed E-state index contributed by atoms with van der Waals surface area (Å²) >= 11 is 0. The van der Waals surface area contributed by atoms with Crippen molar-refractivity contribution in [2.75, 3.05) is 0 Å². The number of hydrogen-bond donors (Lipinski definition) is 0. The third kappa shape index (κ3) is 4.25. The Balaban J connectivity index is 0. The van der Waals surface area contributed by atoms with Crippen molar-refractivity contribution in [1.29, 1.82) is 0 Å². The van der Waals surface area contributed by atoms with E-state index in [2.05, 4.69) is 4.65 Å². The zero-order valence-corrected chi connectivity index (χ0v) is 12.9. The van der Waals surface area contributed by atoms with Gasteiger partial charge in [-0.05, 0) is 0 Å². The van der Waals surface area contributed by atoms with Crippen molar-refractivity contribution in [3.63, 3.8) is 0 Å². The summed E-state index contributed by atoms with van der Waals surface area (Å²) in [4.78, 5) is 0. The number of hydrogen-bond acceptors (Lipinski definition) is 3. The summed E-state index contributed by atoms with van der Waals surface area (Å²) in [6.07, 6.45) is -1.19. The molecule has 1 unspecified atom stereocenters. The Kier molecular flexibility index (Phi) is 8.59. The summed E-state index contributed by atoms with van der Waals surface area (Å²) in [7, 11) is -2.99. The fourth-order valence-electron chi connectivity index (χ4n) is 0.522. The fourth-order valence-corrected chi connectivity index (χ4v) is 0.522. The van der Waals surface area contributed by atoms with Gasteiger partial charge < -0.3 is 14.7 Å². The van der Waals surface area contributed by atoms with Crippen LogP contribution in [0.15, 0.2) is 0 Å². The quantitative estimate of drug-likeness (QED) is 0.444. The normalized spacial score (nSPS) is 29.8. The van der Waals surface area contributed by atoms with E-state index in [1.165, 1.54) is 0 Å². The molecule has 1 fully saturated rings. The predicted molar refractivity (Wildman–Crippen MR) is 20.2 cm³/mol. The molecule has 0 N–H and O–H groups in total. The molecule has 1 atom stereocenters. The molecule has 0 amide bonds. The fraction of sp³-hybridized carbons (Fsp3) is 1.00. The zero-order valence-electron chi connectivity index (χ0n) is 6.64. The molecule has 0 heterocycles. The second-order valence-electron chi connectivity index (χ2n) is 2.02. The average Bonchev–Trinajstić information content (AvgIpc) is 2.01. The van der Waals surface area contributed by atoms with Gasteiger partial charge in [0.15, 0.2) is 0 Å². The van der Waals surface area contributed by atoms with Gasteiger partial charge in [0, 0.05) is 0 Å². The van der Waals surface area contributed by atoms with Crippen molar-refractivity contribution in [2.45, 2.75) is 18.2 Å². The van der Waals surface area contributed by atoms with Gasteiger partial charge in [-0.1, -0.05) is 0 Å². The van der Waals surface area contributed by atoms with Crippen LogP contribution in [0.1, 0.15) is 6.42 Å². The molecule has 3 nitrogen and oxygen atoms in total. The van der Waals surface area contributed by atoms with Crippen LogP contribution in [0, 0.1) is 0 Å². The summed E-state index contributed by atoms with van der Waals surface area (Å²) in [6.45, 7) is 0. The average molecular weight is 232 g/mol. The summed E-state index contributed by atoms with van der Waals surface area (Å²) in [5, 5.41) is 19.0. The molecule has 58 valence electrons. The van der Waals surface area contributed by atoms with E-state index in [0.717, 1.165) is 0 Å². The number of halogens is 3. The Hall–Kier alpha value is 3.01. The molecule has 9 heteroatoms. The molecule has 1 saturated carbocycles. The van der Waals surface area contributed by atoms with Crippen LogP contribution in [0.3, 0.4) is 0 Å². The smallest absolute Gasteiger partial charge is 0.871 e. The minimum absolute atomic E-state index is 0. The molecule has 0 spiro atoms.